The molecule has 1 aliphatic carbocycles. The molecular weight excluding hydrogens is 775 g/mol. The Morgan fingerprint density at radius 2 is 1.33 bits per heavy atom. The van der Waals surface area contributed by atoms with Gasteiger partial charge in [-0.3, -0.25) is 24.7 Å². The summed E-state index contributed by atoms with van der Waals surface area (Å²) in [6, 6.07) is 24.8. The first kappa shape index (κ1) is 44.5. The number of amides is 3. The fourth-order valence-corrected chi connectivity index (χ4v) is 7.00. The van der Waals surface area contributed by atoms with E-state index in [1.165, 1.54) is 0 Å². The lowest BCUT2D eigenvalue weighted by atomic mass is 9.85. The Balaban J connectivity index is 1.10. The number of nitrogens with one attached hydrogen (secondary N) is 4. The summed E-state index contributed by atoms with van der Waals surface area (Å²) in [6.07, 6.45) is 3.47. The van der Waals surface area contributed by atoms with Crippen LogP contribution < -0.4 is 35.5 Å². The second-order valence-corrected chi connectivity index (χ2v) is 16.4. The number of carbonyl (C=O) groups is 3. The molecule has 1 atom stereocenters. The second kappa shape index (κ2) is 21.0. The minimum absolute atomic E-state index is 0.000843. The number of fused-ring (bicyclic) bond motifs is 1. The van der Waals surface area contributed by atoms with Gasteiger partial charge in [-0.05, 0) is 110 Å². The number of ether oxygens (including phenoxy) is 3. The third-order valence-corrected chi connectivity index (χ3v) is 10.4. The number of hydrogen-bond acceptors (Lipinski definition) is 10. The Morgan fingerprint density at radius 3 is 1.98 bits per heavy atom. The van der Waals surface area contributed by atoms with Crippen LogP contribution in [0.15, 0.2) is 91.1 Å². The van der Waals surface area contributed by atoms with Crippen molar-refractivity contribution in [1.29, 1.82) is 0 Å². The summed E-state index contributed by atoms with van der Waals surface area (Å²) in [5.74, 6) is 0.627. The van der Waals surface area contributed by atoms with E-state index in [0.717, 1.165) is 16.5 Å². The van der Waals surface area contributed by atoms with Gasteiger partial charge in [0.25, 0.3) is 11.8 Å². The normalized spacial score (nSPS) is 15.6. The molecule has 1 aliphatic rings. The van der Waals surface area contributed by atoms with Crippen LogP contribution in [-0.4, -0.2) is 65.4 Å². The highest BCUT2D eigenvalue weighted by atomic mass is 16.5. The fraction of sp³-hybridized carbons (Fsp3) is 0.375. The number of para-hydroxylation sites is 1. The van der Waals surface area contributed by atoms with Crippen LogP contribution in [0.1, 0.15) is 91.4 Å². The van der Waals surface area contributed by atoms with Crippen LogP contribution >= 0.6 is 0 Å². The standard InChI is InChI=1S/C48H57N5O8/c1-29(2)27-60-43-24-35(46(56)50-37-16-12-32(13-17-37)45(55)51-38-22-33-8-6-7-9-39(33)49-26-38)14-18-40(43)53-48(58)36-15-19-41(44(25-36)61-28-30(3)4)52-47(57)34-11-10-31(5)42(23-34)59-21-20-54/h6-11,14-15,18-19,22-26,29-30,32,37,46,50,54,56H,12-13,16-17,20-21,27-28H2,1-5H3,(H,51,55)(H,52,57)(H,53,58). The molecule has 322 valence electrons. The zero-order chi connectivity index (χ0) is 43.5. The molecule has 5 aromatic rings. The fourth-order valence-electron chi connectivity index (χ4n) is 7.00. The van der Waals surface area contributed by atoms with E-state index in [1.807, 2.05) is 65.0 Å². The van der Waals surface area contributed by atoms with Crippen molar-refractivity contribution in [2.45, 2.75) is 72.6 Å². The van der Waals surface area contributed by atoms with Gasteiger partial charge in [0.1, 0.15) is 30.1 Å². The number of carbonyl (C=O) groups excluding carboxylic acids is 3. The molecule has 0 bridgehead atoms. The highest BCUT2D eigenvalue weighted by Gasteiger charge is 2.28. The Kier molecular flexibility index (Phi) is 15.3. The highest BCUT2D eigenvalue weighted by Crippen LogP contribution is 2.33. The number of anilines is 3. The van der Waals surface area contributed by atoms with Crippen molar-refractivity contribution in [3.8, 4) is 17.2 Å². The van der Waals surface area contributed by atoms with Gasteiger partial charge in [-0.1, -0.05) is 58.0 Å². The molecule has 6 rings (SSSR count). The average Bonchev–Trinajstić information content (AvgIpc) is 3.25. The van der Waals surface area contributed by atoms with Crippen molar-refractivity contribution in [2.75, 3.05) is 42.4 Å². The maximum atomic E-state index is 13.8. The van der Waals surface area contributed by atoms with Gasteiger partial charge in [0.15, 0.2) is 0 Å². The first-order valence-electron chi connectivity index (χ1n) is 21.0. The predicted octanol–water partition coefficient (Wildman–Crippen LogP) is 8.27. The van der Waals surface area contributed by atoms with Gasteiger partial charge in [-0.15, -0.1) is 0 Å². The topological polar surface area (TPSA) is 180 Å². The van der Waals surface area contributed by atoms with E-state index < -0.39 is 18.0 Å². The van der Waals surface area contributed by atoms with Crippen molar-refractivity contribution in [2.24, 2.45) is 17.8 Å². The van der Waals surface area contributed by atoms with Crippen molar-refractivity contribution in [3.05, 3.63) is 113 Å². The molecule has 0 saturated heterocycles. The van der Waals surface area contributed by atoms with E-state index in [0.29, 0.717) is 89.9 Å². The largest absolute Gasteiger partial charge is 0.491 e. The zero-order valence-electron chi connectivity index (χ0n) is 35.5. The summed E-state index contributed by atoms with van der Waals surface area (Å²) in [7, 11) is 0. The third-order valence-electron chi connectivity index (χ3n) is 10.4. The van der Waals surface area contributed by atoms with Crippen molar-refractivity contribution in [1.82, 2.24) is 10.3 Å². The van der Waals surface area contributed by atoms with E-state index in [1.54, 1.807) is 60.8 Å². The van der Waals surface area contributed by atoms with Gasteiger partial charge in [-0.2, -0.15) is 0 Å². The van der Waals surface area contributed by atoms with E-state index in [-0.39, 0.29) is 42.9 Å². The van der Waals surface area contributed by atoms with Crippen molar-refractivity contribution in [3.63, 3.8) is 0 Å². The van der Waals surface area contributed by atoms with Gasteiger partial charge in [-0.25, -0.2) is 0 Å². The number of hydrogen-bond donors (Lipinski definition) is 6. The molecule has 4 aromatic carbocycles. The second-order valence-electron chi connectivity index (χ2n) is 16.4. The predicted molar refractivity (Wildman–Crippen MR) is 237 cm³/mol. The summed E-state index contributed by atoms with van der Waals surface area (Å²) >= 11 is 0. The van der Waals surface area contributed by atoms with Crippen molar-refractivity contribution < 1.29 is 38.8 Å². The number of aliphatic hydroxyl groups excluding tert-OH is 2. The number of nitrogens with zero attached hydrogens (tertiary/aromatic N) is 1. The van der Waals surface area contributed by atoms with Gasteiger partial charge in [0, 0.05) is 28.5 Å². The Morgan fingerprint density at radius 1 is 0.721 bits per heavy atom. The van der Waals surface area contributed by atoms with Crippen LogP contribution in [0.3, 0.4) is 0 Å². The molecule has 3 amide bonds. The smallest absolute Gasteiger partial charge is 0.255 e. The van der Waals surface area contributed by atoms with Crippen LogP contribution in [0.25, 0.3) is 10.9 Å². The van der Waals surface area contributed by atoms with Gasteiger partial charge >= 0.3 is 0 Å². The van der Waals surface area contributed by atoms with Crippen molar-refractivity contribution >= 4 is 45.7 Å². The first-order chi connectivity index (χ1) is 29.4. The number of rotatable bonds is 18. The molecule has 13 heteroatoms. The molecule has 13 nitrogen and oxygen atoms in total. The molecule has 0 aliphatic heterocycles. The SMILES string of the molecule is Cc1ccc(C(=O)Nc2ccc(C(=O)Nc3ccc(C(O)NC4CCC(C(=O)Nc5cnc6ccccc6c5)CC4)cc3OCC(C)C)cc2OCC(C)C)cc1OCCO. The van der Waals surface area contributed by atoms with E-state index in [2.05, 4.69) is 26.3 Å². The maximum Gasteiger partial charge on any atom is 0.255 e. The molecule has 0 radical (unpaired) electrons. The molecule has 6 N–H and O–H groups in total. The number of pyridine rings is 1. The van der Waals surface area contributed by atoms with Gasteiger partial charge in [0.2, 0.25) is 5.91 Å². The van der Waals surface area contributed by atoms with Crippen LogP contribution in [0.4, 0.5) is 17.1 Å². The number of aliphatic hydroxyl groups is 2. The third kappa shape index (κ3) is 12.3. The summed E-state index contributed by atoms with van der Waals surface area (Å²) in [5, 5.41) is 33.7. The van der Waals surface area contributed by atoms with Crippen LogP contribution in [-0.2, 0) is 4.79 Å². The molecule has 0 spiro atoms. The van der Waals surface area contributed by atoms with Gasteiger partial charge < -0.3 is 40.4 Å². The van der Waals surface area contributed by atoms with Crippen LogP contribution in [0.5, 0.6) is 17.2 Å². The minimum Gasteiger partial charge on any atom is -0.491 e. The monoisotopic (exact) mass is 831 g/mol. The van der Waals surface area contributed by atoms with Crippen LogP contribution in [0.2, 0.25) is 0 Å². The summed E-state index contributed by atoms with van der Waals surface area (Å²) in [6.45, 7) is 10.6. The number of aryl methyl sites for hydroxylation is 1. The quantitative estimate of drug-likeness (QED) is 0.0471. The molecular formula is C48H57N5O8. The summed E-state index contributed by atoms with van der Waals surface area (Å²) < 4.78 is 17.8. The lowest BCUT2D eigenvalue weighted by molar-refractivity contribution is -0.120. The number of aromatic nitrogens is 1. The summed E-state index contributed by atoms with van der Waals surface area (Å²) in [4.78, 5) is 44.7. The molecule has 1 saturated carbocycles. The molecule has 1 aromatic heterocycles. The highest BCUT2D eigenvalue weighted by molar-refractivity contribution is 6.08. The molecule has 1 unspecified atom stereocenters. The summed E-state index contributed by atoms with van der Waals surface area (Å²) in [5.41, 5.74) is 4.42. The maximum absolute atomic E-state index is 13.8. The van der Waals surface area contributed by atoms with Gasteiger partial charge in [0.05, 0.1) is 48.6 Å². The Labute approximate surface area is 357 Å². The van der Waals surface area contributed by atoms with E-state index in [4.69, 9.17) is 14.2 Å². The lowest BCUT2D eigenvalue weighted by Gasteiger charge is -2.30. The van der Waals surface area contributed by atoms with E-state index >= 15 is 0 Å². The Bertz CT molecular complexity index is 2310. The molecule has 61 heavy (non-hydrogen) atoms. The molecule has 1 fully saturated rings. The average molecular weight is 832 g/mol. The minimum atomic E-state index is -1.01. The Hall–Kier alpha value is -6.02. The van der Waals surface area contributed by atoms with E-state index in [9.17, 15) is 24.6 Å². The number of benzene rings is 4. The molecule has 1 heterocycles. The first-order valence-corrected chi connectivity index (χ1v) is 21.0. The van der Waals surface area contributed by atoms with Crippen LogP contribution in [0, 0.1) is 24.7 Å². The zero-order valence-corrected chi connectivity index (χ0v) is 35.5. The lowest BCUT2D eigenvalue weighted by Crippen LogP contribution is -2.38.